The van der Waals surface area contributed by atoms with Crippen molar-refractivity contribution in [2.75, 3.05) is 16.3 Å². The van der Waals surface area contributed by atoms with Gasteiger partial charge in [0.1, 0.15) is 22.7 Å². The summed E-state index contributed by atoms with van der Waals surface area (Å²) in [6.45, 7) is 11.0. The maximum Gasteiger partial charge on any atom is 0.422 e. The molecule has 0 bridgehead atoms. The monoisotopic (exact) mass is 662 g/mol. The van der Waals surface area contributed by atoms with Gasteiger partial charge in [0, 0.05) is 22.3 Å². The molecular weight excluding hydrogens is 628 g/mol. The van der Waals surface area contributed by atoms with Crippen LogP contribution in [0.1, 0.15) is 76.6 Å². The fourth-order valence-corrected chi connectivity index (χ4v) is 6.19. The zero-order valence-electron chi connectivity index (χ0n) is 28.0. The molecule has 0 fully saturated rings. The highest BCUT2D eigenvalue weighted by atomic mass is 16.6. The molecular formula is C38H34N2O9. The summed E-state index contributed by atoms with van der Waals surface area (Å²) in [5.41, 5.74) is 1.68. The van der Waals surface area contributed by atoms with Gasteiger partial charge in [-0.15, -0.1) is 0 Å². The minimum absolute atomic E-state index is 0.0256. The molecule has 0 saturated heterocycles. The van der Waals surface area contributed by atoms with Crippen LogP contribution in [0.5, 0.6) is 11.5 Å². The van der Waals surface area contributed by atoms with Crippen LogP contribution in [0.2, 0.25) is 0 Å². The first kappa shape index (κ1) is 31.9. The molecule has 49 heavy (non-hydrogen) atoms. The van der Waals surface area contributed by atoms with Crippen LogP contribution < -0.4 is 19.3 Å². The van der Waals surface area contributed by atoms with E-state index in [0.717, 1.165) is 4.90 Å². The number of esters is 2. The predicted molar refractivity (Wildman–Crippen MR) is 181 cm³/mol. The van der Waals surface area contributed by atoms with Crippen molar-refractivity contribution >= 4 is 63.7 Å². The number of carbonyl (C=O) groups is 5. The van der Waals surface area contributed by atoms with Crippen LogP contribution in [-0.4, -0.2) is 47.8 Å². The van der Waals surface area contributed by atoms with Crippen molar-refractivity contribution in [1.82, 2.24) is 0 Å². The summed E-state index contributed by atoms with van der Waals surface area (Å²) < 4.78 is 22.9. The molecule has 0 aromatic heterocycles. The van der Waals surface area contributed by atoms with Crippen molar-refractivity contribution in [3.8, 4) is 11.5 Å². The molecule has 250 valence electrons. The largest absolute Gasteiger partial charge is 0.443 e. The molecule has 4 aliphatic rings. The van der Waals surface area contributed by atoms with Gasteiger partial charge in [-0.05, 0) is 70.4 Å². The number of rotatable bonds is 4. The Bertz CT molecular complexity index is 2090. The average Bonchev–Trinajstić information content (AvgIpc) is 3.76. The minimum atomic E-state index is -0.862. The highest BCUT2D eigenvalue weighted by molar-refractivity contribution is 6.49. The van der Waals surface area contributed by atoms with Crippen LogP contribution in [0.3, 0.4) is 0 Å². The van der Waals surface area contributed by atoms with Crippen molar-refractivity contribution in [2.45, 2.75) is 65.6 Å². The van der Waals surface area contributed by atoms with E-state index in [2.05, 4.69) is 0 Å². The average molecular weight is 663 g/mol. The number of hydrogen-bond donors (Lipinski definition) is 0. The van der Waals surface area contributed by atoms with Gasteiger partial charge < -0.3 is 18.9 Å². The van der Waals surface area contributed by atoms with Crippen LogP contribution in [0, 0.1) is 0 Å². The molecule has 0 unspecified atom stereocenters. The van der Waals surface area contributed by atoms with E-state index in [-0.39, 0.29) is 46.0 Å². The van der Waals surface area contributed by atoms with Gasteiger partial charge in [0.25, 0.3) is 5.91 Å². The van der Waals surface area contributed by atoms with Gasteiger partial charge in [-0.25, -0.2) is 24.1 Å². The van der Waals surface area contributed by atoms with E-state index < -0.39 is 41.2 Å². The van der Waals surface area contributed by atoms with Crippen LogP contribution in [0.25, 0.3) is 22.3 Å². The number of ether oxygens (including phenoxy) is 4. The van der Waals surface area contributed by atoms with Gasteiger partial charge in [-0.3, -0.25) is 9.69 Å². The lowest BCUT2D eigenvalue weighted by atomic mass is 9.93. The van der Waals surface area contributed by atoms with Gasteiger partial charge in [0.15, 0.2) is 0 Å². The third kappa shape index (κ3) is 5.08. The van der Waals surface area contributed by atoms with Crippen molar-refractivity contribution in [1.29, 1.82) is 0 Å². The third-order valence-corrected chi connectivity index (χ3v) is 9.49. The van der Waals surface area contributed by atoms with Crippen LogP contribution >= 0.6 is 0 Å². The van der Waals surface area contributed by atoms with E-state index in [1.807, 2.05) is 39.8 Å². The number of hydrogen-bond acceptors (Lipinski definition) is 9. The second-order valence-electron chi connectivity index (χ2n) is 13.5. The van der Waals surface area contributed by atoms with E-state index in [1.54, 1.807) is 50.2 Å². The minimum Gasteiger partial charge on any atom is -0.443 e. The Balaban J connectivity index is 1.32. The van der Waals surface area contributed by atoms with Crippen molar-refractivity contribution in [3.63, 3.8) is 0 Å². The molecule has 0 saturated carbocycles. The number of amides is 3. The number of fused-ring (bicyclic) bond motifs is 4. The number of anilines is 2. The van der Waals surface area contributed by atoms with E-state index in [1.165, 1.54) is 17.0 Å². The van der Waals surface area contributed by atoms with Gasteiger partial charge in [0.05, 0.1) is 34.6 Å². The summed E-state index contributed by atoms with van der Waals surface area (Å²) in [7, 11) is 0. The fourth-order valence-electron chi connectivity index (χ4n) is 6.19. The zero-order valence-corrected chi connectivity index (χ0v) is 28.0. The lowest BCUT2D eigenvalue weighted by molar-refractivity contribution is -0.127. The van der Waals surface area contributed by atoms with Crippen LogP contribution in [0.15, 0.2) is 60.7 Å². The molecule has 0 N–H and O–H groups in total. The molecule has 11 heteroatoms. The Morgan fingerprint density at radius 1 is 0.673 bits per heavy atom. The van der Waals surface area contributed by atoms with Gasteiger partial charge in [0.2, 0.25) is 0 Å². The Morgan fingerprint density at radius 3 is 1.80 bits per heavy atom. The quantitative estimate of drug-likeness (QED) is 0.162. The van der Waals surface area contributed by atoms with E-state index in [4.69, 9.17) is 18.9 Å². The van der Waals surface area contributed by atoms with Crippen LogP contribution in [0.4, 0.5) is 21.0 Å². The molecule has 3 aromatic rings. The summed E-state index contributed by atoms with van der Waals surface area (Å²) in [5.74, 6) is -1.89. The van der Waals surface area contributed by atoms with E-state index >= 15 is 0 Å². The summed E-state index contributed by atoms with van der Waals surface area (Å²) in [6.07, 6.45) is -0.278. The van der Waals surface area contributed by atoms with Crippen molar-refractivity contribution in [2.24, 2.45) is 0 Å². The lowest BCUT2D eigenvalue weighted by Crippen LogP contribution is -2.39. The number of nitrogens with zero attached hydrogens (tertiary/aromatic N) is 2. The normalized spacial score (nSPS) is 19.3. The standard InChI is InChI=1S/C38H34N2O9/c1-7-37(3,4)48-35(44)39-19-24(20-13-9-11-15-25(20)39)29-22-17-28-23(18-27(22)46-33(29)42)31(34(43)47-28)30-21-14-10-12-16-26(21)40(32(30)41)36(45)49-38(5,6)8-2/h9-18H,7-8,19H2,1-6H3/b29-24-,31-30+. The van der Waals surface area contributed by atoms with Crippen molar-refractivity contribution < 1.29 is 42.9 Å². The number of para-hydroxylation sites is 2. The molecule has 3 amide bonds. The first-order valence-corrected chi connectivity index (χ1v) is 16.1. The zero-order chi connectivity index (χ0) is 35.0. The van der Waals surface area contributed by atoms with Gasteiger partial charge in [-0.2, -0.15) is 0 Å². The third-order valence-electron chi connectivity index (χ3n) is 9.49. The molecule has 4 aliphatic heterocycles. The second kappa shape index (κ2) is 11.2. The summed E-state index contributed by atoms with van der Waals surface area (Å²) in [5, 5.41) is 0. The summed E-state index contributed by atoms with van der Waals surface area (Å²) in [4.78, 5) is 70.1. The molecule has 0 spiro atoms. The highest BCUT2D eigenvalue weighted by Crippen LogP contribution is 2.51. The summed E-state index contributed by atoms with van der Waals surface area (Å²) >= 11 is 0. The Hall–Kier alpha value is -5.71. The molecule has 7 rings (SSSR count). The molecule has 4 heterocycles. The fraction of sp³-hybridized carbons (Fsp3) is 0.289. The first-order valence-electron chi connectivity index (χ1n) is 16.1. The number of carbonyl (C=O) groups excluding carboxylic acids is 5. The molecule has 11 nitrogen and oxygen atoms in total. The van der Waals surface area contributed by atoms with E-state index in [0.29, 0.717) is 40.8 Å². The van der Waals surface area contributed by atoms with Gasteiger partial charge >= 0.3 is 24.1 Å². The van der Waals surface area contributed by atoms with Crippen molar-refractivity contribution in [3.05, 3.63) is 82.9 Å². The molecule has 0 radical (unpaired) electrons. The first-order chi connectivity index (χ1) is 23.2. The SMILES string of the molecule is CCC(C)(C)OC(=O)N1C/C(=C2/C(=O)Oc3cc4c(cc32)OC(=O)/C4=C2/C(=O)N(C(=O)OC(C)(C)CC)c3ccccc32)c2ccccc21. The van der Waals surface area contributed by atoms with Gasteiger partial charge in [-0.1, -0.05) is 50.2 Å². The summed E-state index contributed by atoms with van der Waals surface area (Å²) in [6, 6.07) is 16.9. The smallest absolute Gasteiger partial charge is 0.422 e. The maximum absolute atomic E-state index is 14.0. The molecule has 0 atom stereocenters. The predicted octanol–water partition coefficient (Wildman–Crippen LogP) is 7.16. The van der Waals surface area contributed by atoms with Crippen LogP contribution in [-0.2, 0) is 23.9 Å². The van der Waals surface area contributed by atoms with E-state index in [9.17, 15) is 24.0 Å². The Morgan fingerprint density at radius 2 is 1.18 bits per heavy atom. The molecule has 0 aliphatic carbocycles. The second-order valence-corrected chi connectivity index (χ2v) is 13.5. The maximum atomic E-state index is 14.0. The lowest BCUT2D eigenvalue weighted by Gasteiger charge is -2.27. The topological polar surface area (TPSA) is 129 Å². The number of imide groups is 1. The Kier molecular flexibility index (Phi) is 7.27. The molecule has 3 aromatic carbocycles. The Labute approximate surface area is 282 Å². The highest BCUT2D eigenvalue weighted by Gasteiger charge is 2.46. The number of benzene rings is 3.